The van der Waals surface area contributed by atoms with Gasteiger partial charge in [-0.15, -0.1) is 0 Å². The molecule has 0 aromatic carbocycles. The monoisotopic (exact) mass is 162 g/mol. The predicted molar refractivity (Wildman–Crippen MR) is 55.1 cm³/mol. The predicted octanol–water partition coefficient (Wildman–Crippen LogP) is 3.87. The van der Waals surface area contributed by atoms with E-state index in [9.17, 15) is 0 Å². The summed E-state index contributed by atoms with van der Waals surface area (Å²) in [6.07, 6.45) is 9.02. The number of rotatable bonds is 3. The van der Waals surface area contributed by atoms with Gasteiger partial charge in [0.05, 0.1) is 0 Å². The molecule has 0 spiro atoms. The van der Waals surface area contributed by atoms with Crippen LogP contribution in [0.15, 0.2) is 36.5 Å². The van der Waals surface area contributed by atoms with Crippen LogP contribution in [0.2, 0.25) is 0 Å². The Bertz CT molecular complexity index is 208. The van der Waals surface area contributed by atoms with Gasteiger partial charge >= 0.3 is 0 Å². The van der Waals surface area contributed by atoms with Crippen LogP contribution in [0, 0.1) is 5.92 Å². The second-order valence-corrected chi connectivity index (χ2v) is 3.48. The van der Waals surface area contributed by atoms with Crippen molar-refractivity contribution in [3.63, 3.8) is 0 Å². The van der Waals surface area contributed by atoms with Crippen molar-refractivity contribution < 1.29 is 0 Å². The summed E-state index contributed by atoms with van der Waals surface area (Å²) in [6.45, 7) is 9.94. The smallest absolute Gasteiger partial charge is 0.0248 e. The maximum Gasteiger partial charge on any atom is -0.0248 e. The second-order valence-electron chi connectivity index (χ2n) is 3.48. The summed E-state index contributed by atoms with van der Waals surface area (Å²) in [4.78, 5) is 0. The first-order valence-electron chi connectivity index (χ1n) is 4.78. The largest absolute Gasteiger partial charge is 0.0988 e. The molecule has 1 aliphatic rings. The first-order valence-corrected chi connectivity index (χ1v) is 4.78. The van der Waals surface area contributed by atoms with Crippen LogP contribution in [-0.4, -0.2) is 0 Å². The van der Waals surface area contributed by atoms with Gasteiger partial charge in [0, 0.05) is 0 Å². The van der Waals surface area contributed by atoms with Gasteiger partial charge in [0.15, 0.2) is 0 Å². The average Bonchev–Trinajstić information content (AvgIpc) is 2.16. The molecule has 0 nitrogen and oxygen atoms in total. The highest BCUT2D eigenvalue weighted by atomic mass is 14.2. The molecule has 0 fully saturated rings. The maximum atomic E-state index is 3.85. The van der Waals surface area contributed by atoms with Crippen LogP contribution in [0.4, 0.5) is 0 Å². The zero-order valence-electron chi connectivity index (χ0n) is 7.97. The molecule has 0 saturated carbocycles. The molecule has 0 radical (unpaired) electrons. The van der Waals surface area contributed by atoms with Crippen molar-refractivity contribution in [2.45, 2.75) is 32.6 Å². The minimum atomic E-state index is 0.877. The molecule has 1 aliphatic carbocycles. The van der Waals surface area contributed by atoms with Crippen LogP contribution >= 0.6 is 0 Å². The summed E-state index contributed by atoms with van der Waals surface area (Å²) in [5, 5.41) is 0. The Morgan fingerprint density at radius 3 is 2.50 bits per heavy atom. The third kappa shape index (κ3) is 1.88. The molecule has 0 saturated heterocycles. The fourth-order valence-electron chi connectivity index (χ4n) is 1.86. The van der Waals surface area contributed by atoms with E-state index in [0.717, 1.165) is 5.92 Å². The minimum absolute atomic E-state index is 0.877. The maximum absolute atomic E-state index is 3.85. The lowest BCUT2D eigenvalue weighted by Gasteiger charge is -2.23. The summed E-state index contributed by atoms with van der Waals surface area (Å²) in [5.41, 5.74) is 2.83. The lowest BCUT2D eigenvalue weighted by molar-refractivity contribution is 0.450. The average molecular weight is 162 g/mol. The molecule has 12 heavy (non-hydrogen) atoms. The van der Waals surface area contributed by atoms with Crippen LogP contribution in [0.25, 0.3) is 0 Å². The van der Waals surface area contributed by atoms with Crippen molar-refractivity contribution in [1.82, 2.24) is 0 Å². The van der Waals surface area contributed by atoms with E-state index in [4.69, 9.17) is 0 Å². The van der Waals surface area contributed by atoms with E-state index in [2.05, 4.69) is 20.1 Å². The summed E-state index contributed by atoms with van der Waals surface area (Å²) in [7, 11) is 0. The Kier molecular flexibility index (Phi) is 3.33. The molecule has 1 unspecified atom stereocenters. The van der Waals surface area contributed by atoms with Gasteiger partial charge in [0.1, 0.15) is 0 Å². The van der Waals surface area contributed by atoms with Crippen molar-refractivity contribution in [2.24, 2.45) is 5.92 Å². The van der Waals surface area contributed by atoms with Crippen molar-refractivity contribution in [2.75, 3.05) is 0 Å². The number of hydrogen-bond donors (Lipinski definition) is 0. The van der Waals surface area contributed by atoms with Gasteiger partial charge in [0.2, 0.25) is 0 Å². The van der Waals surface area contributed by atoms with E-state index < -0.39 is 0 Å². The van der Waals surface area contributed by atoms with Gasteiger partial charge in [0.25, 0.3) is 0 Å². The summed E-state index contributed by atoms with van der Waals surface area (Å²) >= 11 is 0. The molecule has 1 rings (SSSR count). The third-order valence-electron chi connectivity index (χ3n) is 2.81. The standard InChI is InChI=1S/C12H18/c1-4-10-7-8-11(5-2)12(6-3)9-10/h5-6,10H,2-4,7-9H2,1H3. The Morgan fingerprint density at radius 2 is 2.00 bits per heavy atom. The quantitative estimate of drug-likeness (QED) is 0.591. The number of allylic oxidation sites excluding steroid dienone is 4. The fourth-order valence-corrected chi connectivity index (χ4v) is 1.86. The Morgan fingerprint density at radius 1 is 1.33 bits per heavy atom. The molecule has 0 aliphatic heterocycles. The van der Waals surface area contributed by atoms with Crippen LogP contribution in [0.3, 0.4) is 0 Å². The van der Waals surface area contributed by atoms with E-state index in [1.165, 1.54) is 36.8 Å². The van der Waals surface area contributed by atoms with Crippen LogP contribution < -0.4 is 0 Å². The highest BCUT2D eigenvalue weighted by Gasteiger charge is 2.15. The SMILES string of the molecule is C=CC1=C(C=C)CC(CC)CC1. The molecule has 0 aromatic heterocycles. The first-order chi connectivity index (χ1) is 5.81. The summed E-state index contributed by atoms with van der Waals surface area (Å²) in [6, 6.07) is 0. The van der Waals surface area contributed by atoms with Gasteiger partial charge in [-0.25, -0.2) is 0 Å². The van der Waals surface area contributed by atoms with E-state index in [0.29, 0.717) is 0 Å². The van der Waals surface area contributed by atoms with Crippen LogP contribution in [-0.2, 0) is 0 Å². The van der Waals surface area contributed by atoms with Gasteiger partial charge in [-0.1, -0.05) is 38.7 Å². The molecule has 0 amide bonds. The Labute approximate surface area is 75.7 Å². The van der Waals surface area contributed by atoms with E-state index >= 15 is 0 Å². The van der Waals surface area contributed by atoms with E-state index in [1.54, 1.807) is 0 Å². The zero-order valence-corrected chi connectivity index (χ0v) is 7.97. The topological polar surface area (TPSA) is 0 Å². The van der Waals surface area contributed by atoms with Gasteiger partial charge in [-0.2, -0.15) is 0 Å². The molecular weight excluding hydrogens is 144 g/mol. The molecule has 0 heterocycles. The molecular formula is C12H18. The lowest BCUT2D eigenvalue weighted by Crippen LogP contribution is -2.07. The molecule has 66 valence electrons. The van der Waals surface area contributed by atoms with E-state index in [1.807, 2.05) is 12.2 Å². The number of hydrogen-bond acceptors (Lipinski definition) is 0. The molecule has 0 N–H and O–H groups in total. The molecule has 0 aromatic rings. The van der Waals surface area contributed by atoms with Gasteiger partial charge in [-0.3, -0.25) is 0 Å². The third-order valence-corrected chi connectivity index (χ3v) is 2.81. The fraction of sp³-hybridized carbons (Fsp3) is 0.500. The highest BCUT2D eigenvalue weighted by Crippen LogP contribution is 2.32. The van der Waals surface area contributed by atoms with E-state index in [-0.39, 0.29) is 0 Å². The minimum Gasteiger partial charge on any atom is -0.0988 e. The van der Waals surface area contributed by atoms with Crippen LogP contribution in [0.1, 0.15) is 32.6 Å². The zero-order chi connectivity index (χ0) is 8.97. The Balaban J connectivity index is 2.76. The molecule has 1 atom stereocenters. The second kappa shape index (κ2) is 4.30. The van der Waals surface area contributed by atoms with Gasteiger partial charge < -0.3 is 0 Å². The normalized spacial score (nSPS) is 23.9. The van der Waals surface area contributed by atoms with Gasteiger partial charge in [-0.05, 0) is 36.3 Å². The summed E-state index contributed by atoms with van der Waals surface area (Å²) < 4.78 is 0. The van der Waals surface area contributed by atoms with Crippen molar-refractivity contribution >= 4 is 0 Å². The first kappa shape index (κ1) is 9.31. The lowest BCUT2D eigenvalue weighted by atomic mass is 9.82. The van der Waals surface area contributed by atoms with Crippen molar-refractivity contribution in [3.05, 3.63) is 36.5 Å². The molecule has 0 heteroatoms. The van der Waals surface area contributed by atoms with Crippen molar-refractivity contribution in [1.29, 1.82) is 0 Å². The van der Waals surface area contributed by atoms with Crippen LogP contribution in [0.5, 0.6) is 0 Å². The molecule has 0 bridgehead atoms. The highest BCUT2D eigenvalue weighted by molar-refractivity contribution is 5.33. The Hall–Kier alpha value is -0.780. The van der Waals surface area contributed by atoms with Crippen molar-refractivity contribution in [3.8, 4) is 0 Å². The summed E-state index contributed by atoms with van der Waals surface area (Å²) in [5.74, 6) is 0.877.